The summed E-state index contributed by atoms with van der Waals surface area (Å²) in [5, 5.41) is 0. The molecular weight excluding hydrogens is 198 g/mol. The van der Waals surface area contributed by atoms with Crippen LogP contribution < -0.4 is 0 Å². The maximum Gasteiger partial charge on any atom is 0.253 e. The summed E-state index contributed by atoms with van der Waals surface area (Å²) >= 11 is 0. The van der Waals surface area contributed by atoms with Crippen LogP contribution in [0.2, 0.25) is 0 Å². The van der Waals surface area contributed by atoms with Gasteiger partial charge in [0.25, 0.3) is 5.91 Å². The second-order valence-corrected chi connectivity index (χ2v) is 4.28. The first kappa shape index (κ1) is 11.4. The van der Waals surface area contributed by atoms with Crippen LogP contribution >= 0.6 is 0 Å². The number of amides is 1. The molecule has 1 heterocycles. The van der Waals surface area contributed by atoms with Crippen molar-refractivity contribution in [3.8, 4) is 0 Å². The van der Waals surface area contributed by atoms with Gasteiger partial charge in [-0.15, -0.1) is 0 Å². The van der Waals surface area contributed by atoms with Crippen molar-refractivity contribution < 1.29 is 4.79 Å². The second-order valence-electron chi connectivity index (χ2n) is 4.28. The quantitative estimate of drug-likeness (QED) is 0.693. The number of nitrogens with zero attached hydrogens (tertiary/aromatic N) is 1. The zero-order valence-corrected chi connectivity index (χ0v) is 9.70. The maximum absolute atomic E-state index is 12.3. The molecule has 0 N–H and O–H groups in total. The number of allylic oxidation sites excluding steroid dienone is 2. The molecule has 0 aromatic heterocycles. The summed E-state index contributed by atoms with van der Waals surface area (Å²) in [4.78, 5) is 14.3. The van der Waals surface area contributed by atoms with Gasteiger partial charge in [-0.25, -0.2) is 0 Å². The average Bonchev–Trinajstić information content (AvgIpc) is 2.39. The zero-order valence-electron chi connectivity index (χ0n) is 9.70. The summed E-state index contributed by atoms with van der Waals surface area (Å²) in [7, 11) is 0. The molecule has 1 fully saturated rings. The van der Waals surface area contributed by atoms with Crippen molar-refractivity contribution in [1.82, 2.24) is 4.90 Å². The van der Waals surface area contributed by atoms with E-state index in [1.54, 1.807) is 12.2 Å². The van der Waals surface area contributed by atoms with E-state index in [0.717, 1.165) is 31.4 Å². The van der Waals surface area contributed by atoms with E-state index in [9.17, 15) is 4.79 Å². The smallest absolute Gasteiger partial charge is 0.253 e. The number of hydrogen-bond donors (Lipinski definition) is 0. The Bertz CT molecular complexity index is 317. The number of rotatable bonds is 2. The van der Waals surface area contributed by atoms with Crippen molar-refractivity contribution in [2.75, 3.05) is 6.54 Å². The second kappa shape index (κ2) is 5.33. The van der Waals surface area contributed by atoms with E-state index in [4.69, 9.17) is 0 Å². The van der Waals surface area contributed by atoms with E-state index < -0.39 is 0 Å². The monoisotopic (exact) mass is 215 g/mol. The highest BCUT2D eigenvalue weighted by Crippen LogP contribution is 2.22. The van der Waals surface area contributed by atoms with Gasteiger partial charge in [0, 0.05) is 31.0 Å². The largest absolute Gasteiger partial charge is 0.336 e. The van der Waals surface area contributed by atoms with Crippen LogP contribution in [0.1, 0.15) is 32.6 Å². The Hall–Kier alpha value is -1.05. The number of carbonyl (C=O) groups is 1. The molecule has 2 aliphatic rings. The van der Waals surface area contributed by atoms with Crippen molar-refractivity contribution in [2.45, 2.75) is 38.6 Å². The van der Waals surface area contributed by atoms with Gasteiger partial charge in [-0.1, -0.05) is 25.2 Å². The normalized spacial score (nSPS) is 25.4. The molecule has 0 saturated carbocycles. The third-order valence-corrected chi connectivity index (χ3v) is 3.26. The Kier molecular flexibility index (Phi) is 3.81. The Morgan fingerprint density at radius 2 is 2.38 bits per heavy atom. The fraction of sp³-hybridized carbons (Fsp3) is 0.500. The Morgan fingerprint density at radius 1 is 1.50 bits per heavy atom. The molecular formula is C14H17NO. The Labute approximate surface area is 98.0 Å². The summed E-state index contributed by atoms with van der Waals surface area (Å²) in [5.74, 6) is 0.150. The Morgan fingerprint density at radius 3 is 3.06 bits per heavy atom. The van der Waals surface area contributed by atoms with Gasteiger partial charge in [0.1, 0.15) is 0 Å². The summed E-state index contributed by atoms with van der Waals surface area (Å²) in [6.45, 7) is 3.05. The number of hydrogen-bond acceptors (Lipinski definition) is 1. The highest BCUT2D eigenvalue weighted by Gasteiger charge is 2.26. The molecule has 1 amide bonds. The van der Waals surface area contributed by atoms with Gasteiger partial charge in [0.15, 0.2) is 0 Å². The highest BCUT2D eigenvalue weighted by molar-refractivity contribution is 5.97. The molecule has 4 radical (unpaired) electrons. The van der Waals surface area contributed by atoms with Gasteiger partial charge in [0.05, 0.1) is 0 Å². The number of likely N-dealkylation sites (tertiary alicyclic amines) is 1. The molecule has 1 aliphatic heterocycles. The molecule has 1 aliphatic carbocycles. The van der Waals surface area contributed by atoms with Crippen molar-refractivity contribution in [1.29, 1.82) is 0 Å². The topological polar surface area (TPSA) is 20.3 Å². The van der Waals surface area contributed by atoms with E-state index in [0.29, 0.717) is 6.04 Å². The minimum Gasteiger partial charge on any atom is -0.336 e. The van der Waals surface area contributed by atoms with E-state index in [1.165, 1.54) is 6.42 Å². The highest BCUT2D eigenvalue weighted by atomic mass is 16.2. The minimum atomic E-state index is 0.150. The number of piperidine rings is 1. The van der Waals surface area contributed by atoms with Crippen LogP contribution in [0.5, 0.6) is 0 Å². The van der Waals surface area contributed by atoms with Crippen LogP contribution in [-0.4, -0.2) is 23.4 Å². The first-order valence-electron chi connectivity index (χ1n) is 6.01. The van der Waals surface area contributed by atoms with Crippen LogP contribution in [0.15, 0.2) is 23.8 Å². The van der Waals surface area contributed by atoms with E-state index in [-0.39, 0.29) is 5.91 Å². The third-order valence-electron chi connectivity index (χ3n) is 3.26. The van der Waals surface area contributed by atoms with Crippen LogP contribution in [0.25, 0.3) is 0 Å². The van der Waals surface area contributed by atoms with E-state index >= 15 is 0 Å². The van der Waals surface area contributed by atoms with Crippen LogP contribution in [-0.2, 0) is 4.79 Å². The molecule has 0 bridgehead atoms. The third kappa shape index (κ3) is 2.37. The summed E-state index contributed by atoms with van der Waals surface area (Å²) < 4.78 is 0. The van der Waals surface area contributed by atoms with Gasteiger partial charge < -0.3 is 4.90 Å². The van der Waals surface area contributed by atoms with Crippen molar-refractivity contribution in [3.05, 3.63) is 36.6 Å². The lowest BCUT2D eigenvalue weighted by molar-refractivity contribution is -0.130. The van der Waals surface area contributed by atoms with E-state index in [1.807, 2.05) is 11.0 Å². The number of carbonyl (C=O) groups excluding carboxylic acids is 1. The van der Waals surface area contributed by atoms with Crippen LogP contribution in [0, 0.1) is 12.8 Å². The fourth-order valence-electron chi connectivity index (χ4n) is 2.34. The van der Waals surface area contributed by atoms with Crippen molar-refractivity contribution in [2.24, 2.45) is 0 Å². The van der Waals surface area contributed by atoms with E-state index in [2.05, 4.69) is 19.8 Å². The summed E-state index contributed by atoms with van der Waals surface area (Å²) in [6, 6.07) is 0.422. The molecule has 84 valence electrons. The SMILES string of the molecule is CCC1CCCCN1C(=O)C1=C[C][C]C=C1. The minimum absolute atomic E-state index is 0.150. The van der Waals surface area contributed by atoms with Gasteiger partial charge in [-0.3, -0.25) is 4.79 Å². The maximum atomic E-state index is 12.3. The molecule has 0 spiro atoms. The molecule has 2 rings (SSSR count). The predicted octanol–water partition coefficient (Wildman–Crippen LogP) is 2.44. The lowest BCUT2D eigenvalue weighted by Crippen LogP contribution is -2.43. The average molecular weight is 215 g/mol. The predicted molar refractivity (Wildman–Crippen MR) is 63.4 cm³/mol. The van der Waals surface area contributed by atoms with Gasteiger partial charge in [-0.2, -0.15) is 0 Å². The molecule has 1 saturated heterocycles. The molecule has 0 aromatic carbocycles. The molecule has 2 nitrogen and oxygen atoms in total. The lowest BCUT2D eigenvalue weighted by Gasteiger charge is -2.35. The van der Waals surface area contributed by atoms with Gasteiger partial charge >= 0.3 is 0 Å². The van der Waals surface area contributed by atoms with Crippen molar-refractivity contribution >= 4 is 5.91 Å². The lowest BCUT2D eigenvalue weighted by atomic mass is 9.97. The molecule has 0 aromatic rings. The fourth-order valence-corrected chi connectivity index (χ4v) is 2.34. The summed E-state index contributed by atoms with van der Waals surface area (Å²) in [6.07, 6.45) is 15.5. The van der Waals surface area contributed by atoms with Gasteiger partial charge in [-0.05, 0) is 25.7 Å². The molecule has 2 heteroatoms. The molecule has 1 atom stereocenters. The summed E-state index contributed by atoms with van der Waals surface area (Å²) in [5.41, 5.74) is 0.735. The first-order chi connectivity index (χ1) is 7.83. The molecule has 1 unspecified atom stereocenters. The van der Waals surface area contributed by atoms with Crippen molar-refractivity contribution in [3.63, 3.8) is 0 Å². The first-order valence-corrected chi connectivity index (χ1v) is 6.01. The Balaban J connectivity index is 2.07. The van der Waals surface area contributed by atoms with Crippen LogP contribution in [0.4, 0.5) is 0 Å². The van der Waals surface area contributed by atoms with Crippen LogP contribution in [0.3, 0.4) is 0 Å². The standard InChI is InChI=1S/C14H17NO/c1-2-13-10-6-7-11-15(13)14(16)12-8-4-3-5-9-12/h4,8-9,13H,2,6-7,10-11H2,1H3. The zero-order chi connectivity index (χ0) is 11.4. The van der Waals surface area contributed by atoms with Gasteiger partial charge in [0.2, 0.25) is 0 Å². The molecule has 16 heavy (non-hydrogen) atoms.